The summed E-state index contributed by atoms with van der Waals surface area (Å²) < 4.78 is 5.72. The predicted molar refractivity (Wildman–Crippen MR) is 111 cm³/mol. The zero-order valence-electron chi connectivity index (χ0n) is 15.7. The molecule has 0 saturated heterocycles. The van der Waals surface area contributed by atoms with E-state index < -0.39 is 11.8 Å². The molecule has 29 heavy (non-hydrogen) atoms. The Morgan fingerprint density at radius 2 is 1.41 bits per heavy atom. The van der Waals surface area contributed by atoms with Crippen LogP contribution in [0.5, 0.6) is 5.75 Å². The van der Waals surface area contributed by atoms with Gasteiger partial charge in [-0.25, -0.2) is 5.43 Å². The highest BCUT2D eigenvalue weighted by Crippen LogP contribution is 2.13. The number of benzene rings is 3. The van der Waals surface area contributed by atoms with Crippen molar-refractivity contribution in [3.05, 3.63) is 102 Å². The number of carbonyl (C=O) groups is 2. The van der Waals surface area contributed by atoms with Gasteiger partial charge in [0, 0.05) is 6.54 Å². The van der Waals surface area contributed by atoms with Gasteiger partial charge >= 0.3 is 11.8 Å². The second-order valence-corrected chi connectivity index (χ2v) is 6.21. The second-order valence-electron chi connectivity index (χ2n) is 6.21. The van der Waals surface area contributed by atoms with Crippen molar-refractivity contribution >= 4 is 18.0 Å². The van der Waals surface area contributed by atoms with E-state index in [2.05, 4.69) is 15.8 Å². The van der Waals surface area contributed by atoms with Crippen molar-refractivity contribution in [2.75, 3.05) is 0 Å². The van der Waals surface area contributed by atoms with Crippen molar-refractivity contribution in [1.82, 2.24) is 10.7 Å². The normalized spacial score (nSPS) is 10.5. The van der Waals surface area contributed by atoms with Gasteiger partial charge in [0.15, 0.2) is 0 Å². The molecule has 0 radical (unpaired) electrons. The quantitative estimate of drug-likeness (QED) is 0.372. The Labute approximate surface area is 169 Å². The number of hydrazone groups is 1. The smallest absolute Gasteiger partial charge is 0.329 e. The molecule has 146 valence electrons. The zero-order valence-corrected chi connectivity index (χ0v) is 15.7. The van der Waals surface area contributed by atoms with Crippen molar-refractivity contribution in [2.45, 2.75) is 13.2 Å². The van der Waals surface area contributed by atoms with Gasteiger partial charge in [-0.15, -0.1) is 0 Å². The fourth-order valence-electron chi connectivity index (χ4n) is 2.47. The Hall–Kier alpha value is -3.93. The molecule has 2 amide bonds. The van der Waals surface area contributed by atoms with Gasteiger partial charge in [-0.3, -0.25) is 9.59 Å². The molecule has 2 N–H and O–H groups in total. The summed E-state index contributed by atoms with van der Waals surface area (Å²) in [4.78, 5) is 23.6. The maximum Gasteiger partial charge on any atom is 0.329 e. The van der Waals surface area contributed by atoms with Crippen molar-refractivity contribution in [3.63, 3.8) is 0 Å². The fourth-order valence-corrected chi connectivity index (χ4v) is 2.47. The third-order valence-corrected chi connectivity index (χ3v) is 4.01. The molecule has 0 fully saturated rings. The molecule has 0 unspecified atom stereocenters. The highest BCUT2D eigenvalue weighted by molar-refractivity contribution is 6.35. The van der Waals surface area contributed by atoms with Gasteiger partial charge in [0.2, 0.25) is 0 Å². The molecule has 3 rings (SSSR count). The van der Waals surface area contributed by atoms with Crippen LogP contribution in [0.15, 0.2) is 90.0 Å². The van der Waals surface area contributed by atoms with E-state index in [1.807, 2.05) is 84.9 Å². The number of hydrogen-bond donors (Lipinski definition) is 2. The molecule has 0 aromatic heterocycles. The van der Waals surface area contributed by atoms with Crippen LogP contribution in [0, 0.1) is 0 Å². The highest BCUT2D eigenvalue weighted by Gasteiger charge is 2.11. The summed E-state index contributed by atoms with van der Waals surface area (Å²) in [5.74, 6) is -0.828. The average molecular weight is 387 g/mol. The lowest BCUT2D eigenvalue weighted by molar-refractivity contribution is -0.139. The molecule has 0 saturated carbocycles. The van der Waals surface area contributed by atoms with E-state index in [0.717, 1.165) is 22.4 Å². The minimum Gasteiger partial charge on any atom is -0.489 e. The van der Waals surface area contributed by atoms with Crippen LogP contribution < -0.4 is 15.5 Å². The third kappa shape index (κ3) is 6.62. The Kier molecular flexibility index (Phi) is 7.12. The lowest BCUT2D eigenvalue weighted by Gasteiger charge is -2.06. The standard InChI is InChI=1S/C23H21N3O3/c27-22(24-15-18-7-3-1-4-8-18)23(28)26-25-16-19-11-13-21(14-12-19)29-17-20-9-5-2-6-10-20/h1-14,16H,15,17H2,(H,24,27)(H,26,28)/b25-16-. The molecule has 0 bridgehead atoms. The first-order valence-corrected chi connectivity index (χ1v) is 9.12. The maximum absolute atomic E-state index is 11.8. The minimum atomic E-state index is -0.819. The molecule has 6 nitrogen and oxygen atoms in total. The third-order valence-electron chi connectivity index (χ3n) is 4.01. The number of nitrogens with one attached hydrogen (secondary N) is 2. The first kappa shape index (κ1) is 19.8. The summed E-state index contributed by atoms with van der Waals surface area (Å²) in [5, 5.41) is 6.36. The molecule has 3 aromatic carbocycles. The van der Waals surface area contributed by atoms with Crippen LogP contribution in [0.25, 0.3) is 0 Å². The van der Waals surface area contributed by atoms with Crippen molar-refractivity contribution in [1.29, 1.82) is 0 Å². The van der Waals surface area contributed by atoms with Gasteiger partial charge in [0.25, 0.3) is 0 Å². The zero-order chi connectivity index (χ0) is 20.3. The van der Waals surface area contributed by atoms with E-state index in [9.17, 15) is 9.59 Å². The van der Waals surface area contributed by atoms with E-state index in [4.69, 9.17) is 4.74 Å². The van der Waals surface area contributed by atoms with Crippen LogP contribution in [0.4, 0.5) is 0 Å². The Balaban J connectivity index is 1.42. The van der Waals surface area contributed by atoms with Crippen molar-refractivity contribution in [2.24, 2.45) is 5.10 Å². The second kappa shape index (κ2) is 10.4. The minimum absolute atomic E-state index is 0.279. The lowest BCUT2D eigenvalue weighted by atomic mass is 10.2. The lowest BCUT2D eigenvalue weighted by Crippen LogP contribution is -2.37. The Morgan fingerprint density at radius 3 is 2.07 bits per heavy atom. The molecule has 0 aliphatic heterocycles. The van der Waals surface area contributed by atoms with Crippen molar-refractivity contribution < 1.29 is 14.3 Å². The molecule has 3 aromatic rings. The monoisotopic (exact) mass is 387 g/mol. The van der Waals surface area contributed by atoms with Gasteiger partial charge in [-0.05, 0) is 41.0 Å². The predicted octanol–water partition coefficient (Wildman–Crippen LogP) is 3.03. The first-order valence-electron chi connectivity index (χ1n) is 9.12. The fraction of sp³-hybridized carbons (Fsp3) is 0.0870. The summed E-state index contributed by atoms with van der Waals surface area (Å²) in [6.45, 7) is 0.768. The summed E-state index contributed by atoms with van der Waals surface area (Å²) >= 11 is 0. The molecule has 0 aliphatic carbocycles. The maximum atomic E-state index is 11.8. The number of ether oxygens (including phenoxy) is 1. The van der Waals surface area contributed by atoms with E-state index in [1.165, 1.54) is 6.21 Å². The SMILES string of the molecule is O=C(NCc1ccccc1)C(=O)N/N=C\c1ccc(OCc2ccccc2)cc1. The molecule has 0 atom stereocenters. The van der Waals surface area contributed by atoms with Crippen molar-refractivity contribution in [3.8, 4) is 5.75 Å². The Morgan fingerprint density at radius 1 is 0.793 bits per heavy atom. The first-order chi connectivity index (χ1) is 14.2. The molecular weight excluding hydrogens is 366 g/mol. The van der Waals surface area contributed by atoms with Crippen LogP contribution in [0.2, 0.25) is 0 Å². The van der Waals surface area contributed by atoms with E-state index in [0.29, 0.717) is 6.61 Å². The number of amides is 2. The summed E-state index contributed by atoms with van der Waals surface area (Å²) in [6.07, 6.45) is 1.46. The summed E-state index contributed by atoms with van der Waals surface area (Å²) in [5.41, 5.74) is 4.98. The van der Waals surface area contributed by atoms with Gasteiger partial charge in [-0.2, -0.15) is 5.10 Å². The van der Waals surface area contributed by atoms with Crippen LogP contribution >= 0.6 is 0 Å². The number of nitrogens with zero attached hydrogens (tertiary/aromatic N) is 1. The van der Waals surface area contributed by atoms with Crippen LogP contribution in [-0.4, -0.2) is 18.0 Å². The van der Waals surface area contributed by atoms with Crippen LogP contribution in [0.3, 0.4) is 0 Å². The average Bonchev–Trinajstić information content (AvgIpc) is 2.78. The summed E-state index contributed by atoms with van der Waals surface area (Å²) in [7, 11) is 0. The molecule has 6 heteroatoms. The van der Waals surface area contributed by atoms with Crippen LogP contribution in [0.1, 0.15) is 16.7 Å². The van der Waals surface area contributed by atoms with Gasteiger partial charge in [0.1, 0.15) is 12.4 Å². The van der Waals surface area contributed by atoms with E-state index >= 15 is 0 Å². The topological polar surface area (TPSA) is 79.8 Å². The van der Waals surface area contributed by atoms with Gasteiger partial charge < -0.3 is 10.1 Å². The van der Waals surface area contributed by atoms with E-state index in [-0.39, 0.29) is 6.54 Å². The Bertz CT molecular complexity index is 956. The molecule has 0 spiro atoms. The molecule has 0 heterocycles. The number of rotatable bonds is 7. The number of carbonyl (C=O) groups excluding carboxylic acids is 2. The van der Waals surface area contributed by atoms with Crippen LogP contribution in [-0.2, 0) is 22.7 Å². The van der Waals surface area contributed by atoms with Gasteiger partial charge in [-0.1, -0.05) is 60.7 Å². The molecular formula is C23H21N3O3. The van der Waals surface area contributed by atoms with E-state index in [1.54, 1.807) is 0 Å². The van der Waals surface area contributed by atoms with Gasteiger partial charge in [0.05, 0.1) is 6.21 Å². The largest absolute Gasteiger partial charge is 0.489 e. The highest BCUT2D eigenvalue weighted by atomic mass is 16.5. The summed E-state index contributed by atoms with van der Waals surface area (Å²) in [6, 6.07) is 26.5. The molecule has 0 aliphatic rings. The number of hydrogen-bond acceptors (Lipinski definition) is 4.